The Balaban J connectivity index is 1.91. The molecular weight excluding hydrogens is 260 g/mol. The minimum atomic E-state index is 0.848. The molecule has 4 rings (SSSR count). The first-order valence-corrected chi connectivity index (χ1v) is 6.91. The third-order valence-corrected chi connectivity index (χ3v) is 3.80. The quantitative estimate of drug-likeness (QED) is 0.497. The summed E-state index contributed by atoms with van der Waals surface area (Å²) in [7, 11) is 1.67. The molecule has 0 saturated heterocycles. The minimum absolute atomic E-state index is 0.848. The van der Waals surface area contributed by atoms with Crippen LogP contribution in [0, 0.1) is 0 Å². The SMILES string of the molecule is COc1ccc(-c2cc3c(ccc4ccccc43)o2)cc1. The number of methoxy groups -OCH3 is 1. The van der Waals surface area contributed by atoms with Crippen molar-refractivity contribution in [1.29, 1.82) is 0 Å². The molecule has 0 N–H and O–H groups in total. The van der Waals surface area contributed by atoms with Crippen LogP contribution in [-0.4, -0.2) is 7.11 Å². The van der Waals surface area contributed by atoms with Crippen molar-refractivity contribution in [2.75, 3.05) is 7.11 Å². The summed E-state index contributed by atoms with van der Waals surface area (Å²) in [6.07, 6.45) is 0. The molecule has 0 atom stereocenters. The number of fused-ring (bicyclic) bond motifs is 3. The summed E-state index contributed by atoms with van der Waals surface area (Å²) < 4.78 is 11.2. The monoisotopic (exact) mass is 274 g/mol. The summed E-state index contributed by atoms with van der Waals surface area (Å²) in [5.41, 5.74) is 1.97. The molecule has 0 fully saturated rings. The zero-order valence-electron chi connectivity index (χ0n) is 11.7. The van der Waals surface area contributed by atoms with Crippen LogP contribution in [0.25, 0.3) is 33.1 Å². The fourth-order valence-electron chi connectivity index (χ4n) is 2.69. The van der Waals surface area contributed by atoms with E-state index in [0.717, 1.165) is 28.0 Å². The van der Waals surface area contributed by atoms with E-state index in [1.54, 1.807) is 7.11 Å². The molecule has 1 aromatic heterocycles. The van der Waals surface area contributed by atoms with Gasteiger partial charge in [0.15, 0.2) is 0 Å². The normalized spacial score (nSPS) is 11.1. The number of hydrogen-bond donors (Lipinski definition) is 0. The molecule has 0 amide bonds. The average molecular weight is 274 g/mol. The van der Waals surface area contributed by atoms with E-state index >= 15 is 0 Å². The predicted molar refractivity (Wildman–Crippen MR) is 85.7 cm³/mol. The molecular formula is C19H14O2. The van der Waals surface area contributed by atoms with Gasteiger partial charge in [0, 0.05) is 10.9 Å². The second-order valence-corrected chi connectivity index (χ2v) is 5.04. The molecule has 1 heterocycles. The Labute approximate surface area is 122 Å². The standard InChI is InChI=1S/C19H14O2/c1-20-15-9-6-14(7-10-15)19-12-17-16-5-3-2-4-13(16)8-11-18(17)21-19/h2-12H,1H3. The highest BCUT2D eigenvalue weighted by Gasteiger charge is 2.09. The van der Waals surface area contributed by atoms with Gasteiger partial charge in [-0.15, -0.1) is 0 Å². The second-order valence-electron chi connectivity index (χ2n) is 5.04. The number of rotatable bonds is 2. The van der Waals surface area contributed by atoms with Crippen molar-refractivity contribution < 1.29 is 9.15 Å². The topological polar surface area (TPSA) is 22.4 Å². The fourth-order valence-corrected chi connectivity index (χ4v) is 2.69. The van der Waals surface area contributed by atoms with Gasteiger partial charge in [-0.25, -0.2) is 0 Å². The first kappa shape index (κ1) is 12.0. The van der Waals surface area contributed by atoms with Crippen LogP contribution in [0.4, 0.5) is 0 Å². The summed E-state index contributed by atoms with van der Waals surface area (Å²) in [5.74, 6) is 1.73. The summed E-state index contributed by atoms with van der Waals surface area (Å²) in [4.78, 5) is 0. The lowest BCUT2D eigenvalue weighted by Gasteiger charge is -2.00. The highest BCUT2D eigenvalue weighted by atomic mass is 16.5. The van der Waals surface area contributed by atoms with E-state index in [-0.39, 0.29) is 0 Å². The third kappa shape index (κ3) is 1.96. The molecule has 3 aromatic carbocycles. The Hall–Kier alpha value is -2.74. The van der Waals surface area contributed by atoms with E-state index in [4.69, 9.17) is 9.15 Å². The Morgan fingerprint density at radius 1 is 0.810 bits per heavy atom. The molecule has 102 valence electrons. The van der Waals surface area contributed by atoms with Crippen molar-refractivity contribution in [2.45, 2.75) is 0 Å². The Kier molecular flexibility index (Phi) is 2.68. The maximum atomic E-state index is 5.99. The fraction of sp³-hybridized carbons (Fsp3) is 0.0526. The molecule has 0 unspecified atom stereocenters. The lowest BCUT2D eigenvalue weighted by molar-refractivity contribution is 0.415. The third-order valence-electron chi connectivity index (χ3n) is 3.80. The van der Waals surface area contributed by atoms with Crippen molar-refractivity contribution in [2.24, 2.45) is 0 Å². The van der Waals surface area contributed by atoms with Crippen molar-refractivity contribution in [3.63, 3.8) is 0 Å². The maximum absolute atomic E-state index is 5.99. The maximum Gasteiger partial charge on any atom is 0.135 e. The first-order chi connectivity index (χ1) is 10.3. The lowest BCUT2D eigenvalue weighted by atomic mass is 10.1. The van der Waals surface area contributed by atoms with Crippen LogP contribution in [0.2, 0.25) is 0 Å². The highest BCUT2D eigenvalue weighted by molar-refractivity contribution is 6.06. The molecule has 21 heavy (non-hydrogen) atoms. The van der Waals surface area contributed by atoms with Gasteiger partial charge >= 0.3 is 0 Å². The summed E-state index contributed by atoms with van der Waals surface area (Å²) in [5, 5.41) is 3.60. The smallest absolute Gasteiger partial charge is 0.135 e. The van der Waals surface area contributed by atoms with Gasteiger partial charge in [0.05, 0.1) is 7.11 Å². The van der Waals surface area contributed by atoms with E-state index in [1.165, 1.54) is 10.8 Å². The van der Waals surface area contributed by atoms with Crippen LogP contribution in [-0.2, 0) is 0 Å². The van der Waals surface area contributed by atoms with Crippen LogP contribution in [0.1, 0.15) is 0 Å². The molecule has 2 heteroatoms. The minimum Gasteiger partial charge on any atom is -0.497 e. The molecule has 2 nitrogen and oxygen atoms in total. The van der Waals surface area contributed by atoms with Gasteiger partial charge in [-0.1, -0.05) is 30.3 Å². The number of benzene rings is 3. The van der Waals surface area contributed by atoms with E-state index in [1.807, 2.05) is 30.3 Å². The van der Waals surface area contributed by atoms with Gasteiger partial charge in [0.25, 0.3) is 0 Å². The second kappa shape index (κ2) is 4.67. The molecule has 0 aliphatic carbocycles. The molecule has 0 aliphatic heterocycles. The molecule has 0 aliphatic rings. The van der Waals surface area contributed by atoms with Gasteiger partial charge < -0.3 is 9.15 Å². The highest BCUT2D eigenvalue weighted by Crippen LogP contribution is 2.33. The Bertz CT molecular complexity index is 917. The Morgan fingerprint density at radius 3 is 2.43 bits per heavy atom. The largest absolute Gasteiger partial charge is 0.497 e. The van der Waals surface area contributed by atoms with Crippen molar-refractivity contribution in [1.82, 2.24) is 0 Å². The van der Waals surface area contributed by atoms with Gasteiger partial charge in [0.2, 0.25) is 0 Å². The number of hydrogen-bond acceptors (Lipinski definition) is 2. The molecule has 0 radical (unpaired) electrons. The molecule has 4 aromatic rings. The Morgan fingerprint density at radius 2 is 1.62 bits per heavy atom. The van der Waals surface area contributed by atoms with Crippen LogP contribution >= 0.6 is 0 Å². The zero-order chi connectivity index (χ0) is 14.2. The van der Waals surface area contributed by atoms with Crippen LogP contribution < -0.4 is 4.74 Å². The van der Waals surface area contributed by atoms with Crippen LogP contribution in [0.15, 0.2) is 71.1 Å². The zero-order valence-corrected chi connectivity index (χ0v) is 11.7. The lowest BCUT2D eigenvalue weighted by Crippen LogP contribution is -1.81. The van der Waals surface area contributed by atoms with Gasteiger partial charge in [-0.2, -0.15) is 0 Å². The average Bonchev–Trinajstić information content (AvgIpc) is 2.99. The first-order valence-electron chi connectivity index (χ1n) is 6.91. The molecule has 0 saturated carbocycles. The van der Waals surface area contributed by atoms with Gasteiger partial charge in [0.1, 0.15) is 17.1 Å². The van der Waals surface area contributed by atoms with Gasteiger partial charge in [-0.3, -0.25) is 0 Å². The van der Waals surface area contributed by atoms with E-state index in [9.17, 15) is 0 Å². The van der Waals surface area contributed by atoms with Crippen LogP contribution in [0.5, 0.6) is 5.75 Å². The van der Waals surface area contributed by atoms with Crippen LogP contribution in [0.3, 0.4) is 0 Å². The summed E-state index contributed by atoms with van der Waals surface area (Å²) in [6, 6.07) is 22.5. The predicted octanol–water partition coefficient (Wildman–Crippen LogP) is 5.26. The number of furan rings is 1. The molecule has 0 bridgehead atoms. The van der Waals surface area contributed by atoms with Crippen molar-refractivity contribution in [3.05, 3.63) is 66.7 Å². The summed E-state index contributed by atoms with van der Waals surface area (Å²) >= 11 is 0. The molecule has 0 spiro atoms. The number of ether oxygens (including phenoxy) is 1. The van der Waals surface area contributed by atoms with Gasteiger partial charge in [-0.05, 0) is 47.2 Å². The van der Waals surface area contributed by atoms with Crippen molar-refractivity contribution >= 4 is 21.7 Å². The van der Waals surface area contributed by atoms with E-state index < -0.39 is 0 Å². The van der Waals surface area contributed by atoms with Crippen molar-refractivity contribution in [3.8, 4) is 17.1 Å². The van der Waals surface area contributed by atoms with E-state index in [0.29, 0.717) is 0 Å². The summed E-state index contributed by atoms with van der Waals surface area (Å²) in [6.45, 7) is 0. The van der Waals surface area contributed by atoms with E-state index in [2.05, 4.69) is 36.4 Å².